The van der Waals surface area contributed by atoms with E-state index >= 15 is 0 Å². The third-order valence-electron chi connectivity index (χ3n) is 7.33. The molecule has 0 saturated heterocycles. The van der Waals surface area contributed by atoms with Crippen LogP contribution in [0.1, 0.15) is 65.1 Å². The third-order valence-corrected chi connectivity index (χ3v) is 7.33. The number of para-hydroxylation sites is 1. The van der Waals surface area contributed by atoms with Gasteiger partial charge in [-0.15, -0.1) is 0 Å². The van der Waals surface area contributed by atoms with Crippen LogP contribution in [0, 0.1) is 0 Å². The molecule has 1 atom stereocenters. The molecular weight excluding hydrogens is 543 g/mol. The number of fused-ring (bicyclic) bond motifs is 1. The smallest absolute Gasteiger partial charge is 0.433 e. The van der Waals surface area contributed by atoms with Crippen LogP contribution in [0.15, 0.2) is 96.1 Å². The molecule has 3 heterocycles. The zero-order chi connectivity index (χ0) is 29.6. The molecule has 1 N–H and O–H groups in total. The van der Waals surface area contributed by atoms with Crippen molar-refractivity contribution < 1.29 is 23.1 Å². The topological polar surface area (TPSA) is 83.1 Å². The van der Waals surface area contributed by atoms with Gasteiger partial charge in [0.25, 0.3) is 5.91 Å². The first-order valence-electron chi connectivity index (χ1n) is 13.4. The van der Waals surface area contributed by atoms with E-state index < -0.39 is 23.8 Å². The van der Waals surface area contributed by atoms with Crippen LogP contribution in [0.2, 0.25) is 0 Å². The van der Waals surface area contributed by atoms with Crippen LogP contribution in [-0.4, -0.2) is 36.3 Å². The number of amides is 1. The molecule has 6 rings (SSSR count). The van der Waals surface area contributed by atoms with Crippen LogP contribution in [0.3, 0.4) is 0 Å². The van der Waals surface area contributed by atoms with E-state index in [1.807, 2.05) is 56.3 Å². The first-order valence-corrected chi connectivity index (χ1v) is 13.4. The summed E-state index contributed by atoms with van der Waals surface area (Å²) in [6, 6.07) is 24.5. The molecule has 42 heavy (non-hydrogen) atoms. The van der Waals surface area contributed by atoms with Crippen molar-refractivity contribution in [3.63, 3.8) is 0 Å². The number of phenols is 1. The Morgan fingerprint density at radius 2 is 1.62 bits per heavy atom. The monoisotopic (exact) mass is 569 g/mol. The van der Waals surface area contributed by atoms with Crippen LogP contribution in [-0.2, 0) is 6.18 Å². The highest BCUT2D eigenvalue weighted by molar-refractivity contribution is 6.05. The fourth-order valence-corrected chi connectivity index (χ4v) is 5.10. The lowest BCUT2D eigenvalue weighted by Crippen LogP contribution is -2.27. The highest BCUT2D eigenvalue weighted by Crippen LogP contribution is 2.38. The highest BCUT2D eigenvalue weighted by Gasteiger charge is 2.38. The summed E-state index contributed by atoms with van der Waals surface area (Å²) in [6.45, 7) is 4.06. The number of alkyl halides is 3. The van der Waals surface area contributed by atoms with Crippen molar-refractivity contribution in [3.05, 3.63) is 119 Å². The number of hydrogen-bond acceptors (Lipinski definition) is 5. The molecule has 10 heteroatoms. The molecule has 0 bridgehead atoms. The number of carbonyl (C=O) groups excluding carboxylic acids is 1. The van der Waals surface area contributed by atoms with Crippen molar-refractivity contribution in [1.29, 1.82) is 0 Å². The number of aromatic hydroxyl groups is 1. The number of benzene rings is 3. The Morgan fingerprint density at radius 3 is 2.29 bits per heavy atom. The summed E-state index contributed by atoms with van der Waals surface area (Å²) in [5, 5.41) is 20.4. The lowest BCUT2D eigenvalue weighted by Gasteiger charge is -2.21. The van der Waals surface area contributed by atoms with Gasteiger partial charge in [0, 0.05) is 23.6 Å². The number of aromatic nitrogens is 3. The Bertz CT molecular complexity index is 1810. The number of halogens is 3. The highest BCUT2D eigenvalue weighted by atomic mass is 19.4. The molecule has 1 aliphatic rings. The van der Waals surface area contributed by atoms with E-state index in [1.165, 1.54) is 17.1 Å². The van der Waals surface area contributed by atoms with E-state index in [0.29, 0.717) is 27.8 Å². The zero-order valence-corrected chi connectivity index (χ0v) is 22.7. The van der Waals surface area contributed by atoms with Crippen molar-refractivity contribution >= 4 is 17.3 Å². The van der Waals surface area contributed by atoms with Crippen LogP contribution < -0.4 is 0 Å². The second kappa shape index (κ2) is 10.4. The number of hydrazone groups is 1. The number of nitrogens with zero attached hydrogens (tertiary/aromatic N) is 5. The fraction of sp³-hybridized carbons (Fsp3) is 0.188. The average molecular weight is 570 g/mol. The minimum atomic E-state index is -4.76. The maximum absolute atomic E-state index is 14.2. The maximum atomic E-state index is 14.2. The Morgan fingerprint density at radius 1 is 0.929 bits per heavy atom. The summed E-state index contributed by atoms with van der Waals surface area (Å²) in [5.41, 5.74) is 2.10. The standard InChI is InChI=1S/C32H26F3N5O2/c1-19(2)20-12-14-22(15-13-20)24-17-29(32(33,34)35)40-30(36-24)18-26(38-40)31(42)39-27(23-10-6-7-11-28(23)41)16-25(37-39)21-8-4-3-5-9-21/h3-15,17-19,27,41H,16H2,1-2H3/t27-/m1/s1. The predicted molar refractivity (Wildman–Crippen MR) is 152 cm³/mol. The summed E-state index contributed by atoms with van der Waals surface area (Å²) in [6.07, 6.45) is -4.46. The molecule has 1 amide bonds. The number of carbonyl (C=O) groups is 1. The molecule has 5 aromatic rings. The first-order chi connectivity index (χ1) is 20.1. The van der Waals surface area contributed by atoms with Crippen LogP contribution in [0.4, 0.5) is 13.2 Å². The second-order valence-corrected chi connectivity index (χ2v) is 10.4. The Balaban J connectivity index is 1.44. The summed E-state index contributed by atoms with van der Waals surface area (Å²) in [4.78, 5) is 18.3. The molecule has 0 aliphatic carbocycles. The number of phenolic OH excluding ortho intramolecular Hbond substituents is 1. The van der Waals surface area contributed by atoms with Crippen molar-refractivity contribution in [1.82, 2.24) is 19.6 Å². The minimum Gasteiger partial charge on any atom is -0.508 e. The Kier molecular flexibility index (Phi) is 6.76. The number of rotatable bonds is 5. The van der Waals surface area contributed by atoms with E-state index in [9.17, 15) is 23.1 Å². The van der Waals surface area contributed by atoms with Gasteiger partial charge in [-0.05, 0) is 29.2 Å². The summed E-state index contributed by atoms with van der Waals surface area (Å²) in [5.74, 6) is -0.467. The molecule has 0 radical (unpaired) electrons. The Labute approximate surface area is 239 Å². The lowest BCUT2D eigenvalue weighted by atomic mass is 9.97. The normalized spacial score (nSPS) is 15.4. The summed E-state index contributed by atoms with van der Waals surface area (Å²) >= 11 is 0. The van der Waals surface area contributed by atoms with Gasteiger partial charge in [-0.2, -0.15) is 23.4 Å². The Hall–Kier alpha value is -4.99. The van der Waals surface area contributed by atoms with E-state index in [2.05, 4.69) is 15.2 Å². The molecule has 0 spiro atoms. The number of hydrogen-bond donors (Lipinski definition) is 1. The van der Waals surface area contributed by atoms with Gasteiger partial charge in [0.15, 0.2) is 17.0 Å². The van der Waals surface area contributed by atoms with Gasteiger partial charge in [-0.1, -0.05) is 86.6 Å². The van der Waals surface area contributed by atoms with Gasteiger partial charge < -0.3 is 5.11 Å². The lowest BCUT2D eigenvalue weighted by molar-refractivity contribution is -0.142. The van der Waals surface area contributed by atoms with Crippen LogP contribution in [0.5, 0.6) is 5.75 Å². The van der Waals surface area contributed by atoms with Crippen molar-refractivity contribution in [2.45, 2.75) is 38.4 Å². The zero-order valence-electron chi connectivity index (χ0n) is 22.7. The van der Waals surface area contributed by atoms with Gasteiger partial charge in [-0.3, -0.25) is 4.79 Å². The van der Waals surface area contributed by atoms with Crippen molar-refractivity contribution in [2.75, 3.05) is 0 Å². The summed E-state index contributed by atoms with van der Waals surface area (Å²) in [7, 11) is 0. The molecule has 7 nitrogen and oxygen atoms in total. The maximum Gasteiger partial charge on any atom is 0.433 e. The fourth-order valence-electron chi connectivity index (χ4n) is 5.10. The van der Waals surface area contributed by atoms with Crippen molar-refractivity contribution in [3.8, 4) is 17.0 Å². The van der Waals surface area contributed by atoms with E-state index in [-0.39, 0.29) is 28.7 Å². The SMILES string of the molecule is CC(C)c1ccc(-c2cc(C(F)(F)F)n3nc(C(=O)N4N=C(c5ccccc5)C[C@@H]4c4ccccc4O)cc3n2)cc1. The van der Waals surface area contributed by atoms with Crippen LogP contribution >= 0.6 is 0 Å². The minimum absolute atomic E-state index is 0.0195. The van der Waals surface area contributed by atoms with Gasteiger partial charge in [0.2, 0.25) is 0 Å². The van der Waals surface area contributed by atoms with E-state index in [4.69, 9.17) is 0 Å². The van der Waals surface area contributed by atoms with Gasteiger partial charge >= 0.3 is 6.18 Å². The molecule has 212 valence electrons. The molecule has 3 aromatic carbocycles. The van der Waals surface area contributed by atoms with Gasteiger partial charge in [0.05, 0.1) is 17.4 Å². The first kappa shape index (κ1) is 27.2. The predicted octanol–water partition coefficient (Wildman–Crippen LogP) is 7.24. The molecule has 1 aliphatic heterocycles. The van der Waals surface area contributed by atoms with E-state index in [1.54, 1.807) is 30.3 Å². The summed E-state index contributed by atoms with van der Waals surface area (Å²) < 4.78 is 43.3. The second-order valence-electron chi connectivity index (χ2n) is 10.4. The van der Waals surface area contributed by atoms with Gasteiger partial charge in [-0.25, -0.2) is 14.5 Å². The largest absolute Gasteiger partial charge is 0.508 e. The molecule has 0 unspecified atom stereocenters. The van der Waals surface area contributed by atoms with Gasteiger partial charge in [0.1, 0.15) is 5.75 Å². The molecular formula is C32H26F3N5O2. The molecule has 0 saturated carbocycles. The quantitative estimate of drug-likeness (QED) is 0.242. The average Bonchev–Trinajstić information content (AvgIpc) is 3.62. The molecule has 2 aromatic heterocycles. The third kappa shape index (κ3) is 5.00. The molecule has 0 fully saturated rings. The van der Waals surface area contributed by atoms with Crippen molar-refractivity contribution in [2.24, 2.45) is 5.10 Å². The van der Waals surface area contributed by atoms with Crippen LogP contribution in [0.25, 0.3) is 16.9 Å². The van der Waals surface area contributed by atoms with E-state index in [0.717, 1.165) is 17.2 Å².